The van der Waals surface area contributed by atoms with Crippen molar-refractivity contribution in [2.75, 3.05) is 11.5 Å². The van der Waals surface area contributed by atoms with Gasteiger partial charge in [0.2, 0.25) is 0 Å². The number of anilines is 1. The minimum Gasteiger partial charge on any atom is -0.490 e. The number of imide groups is 2. The van der Waals surface area contributed by atoms with Crippen LogP contribution in [0.2, 0.25) is 5.02 Å². The monoisotopic (exact) mass is 611 g/mol. The lowest BCUT2D eigenvalue weighted by atomic mass is 10.0. The van der Waals surface area contributed by atoms with Crippen molar-refractivity contribution in [3.8, 4) is 11.5 Å². The minimum atomic E-state index is -4.31. The molecule has 4 amide bonds. The zero-order valence-electron chi connectivity index (χ0n) is 21.9. The molecule has 1 heterocycles. The first-order valence-corrected chi connectivity index (χ1v) is 14.0. The molecule has 0 atom stereocenters. The van der Waals surface area contributed by atoms with Crippen LogP contribution < -0.4 is 19.1 Å². The van der Waals surface area contributed by atoms with E-state index in [4.69, 9.17) is 20.5 Å². The molecule has 0 spiro atoms. The van der Waals surface area contributed by atoms with E-state index >= 15 is 0 Å². The summed E-state index contributed by atoms with van der Waals surface area (Å²) >= 11 is 5.87. The Hall–Kier alpha value is -5.01. The van der Waals surface area contributed by atoms with Crippen LogP contribution in [0.3, 0.4) is 0 Å². The van der Waals surface area contributed by atoms with Crippen molar-refractivity contribution in [1.82, 2.24) is 5.32 Å². The van der Waals surface area contributed by atoms with Crippen molar-refractivity contribution in [2.45, 2.75) is 18.2 Å². The van der Waals surface area contributed by atoms with Crippen molar-refractivity contribution >= 4 is 57.0 Å². The fraction of sp³-hybridized carbons (Fsp3) is 0.107. The molecule has 0 aromatic heterocycles. The third-order valence-electron chi connectivity index (χ3n) is 5.84. The predicted molar refractivity (Wildman–Crippen MR) is 153 cm³/mol. The quantitative estimate of drug-likeness (QED) is 0.0846. The normalized spacial score (nSPS) is 14.5. The number of carbonyl (C=O) groups excluding carboxylic acids is 3. The number of nitrogens with one attached hydrogen (secondary N) is 1. The Bertz CT molecular complexity index is 1740. The average Bonchev–Trinajstić information content (AvgIpc) is 2.93. The number of barbiturate groups is 1. The van der Waals surface area contributed by atoms with Gasteiger partial charge in [-0.2, -0.15) is 8.42 Å². The molecule has 0 bridgehead atoms. The topological polar surface area (TPSA) is 162 Å². The van der Waals surface area contributed by atoms with Gasteiger partial charge in [0.15, 0.2) is 11.5 Å². The first-order valence-electron chi connectivity index (χ1n) is 12.2. The molecule has 1 N–H and O–H groups in total. The van der Waals surface area contributed by atoms with Crippen LogP contribution in [0.1, 0.15) is 18.1 Å². The Morgan fingerprint density at radius 3 is 2.33 bits per heavy atom. The molecule has 1 fully saturated rings. The Morgan fingerprint density at radius 1 is 1.07 bits per heavy atom. The highest BCUT2D eigenvalue weighted by Crippen LogP contribution is 2.37. The van der Waals surface area contributed by atoms with Gasteiger partial charge in [-0.3, -0.25) is 25.0 Å². The molecule has 1 aliphatic rings. The second-order valence-corrected chi connectivity index (χ2v) is 10.6. The number of carbonyl (C=O) groups is 3. The Kier molecular flexibility index (Phi) is 8.73. The van der Waals surface area contributed by atoms with E-state index in [1.807, 2.05) is 0 Å². The lowest BCUT2D eigenvalue weighted by Gasteiger charge is -2.26. The van der Waals surface area contributed by atoms with Crippen molar-refractivity contribution in [2.24, 2.45) is 0 Å². The molecule has 3 aromatic carbocycles. The van der Waals surface area contributed by atoms with E-state index in [0.717, 1.165) is 12.1 Å². The molecule has 4 rings (SSSR count). The number of hydrogen-bond donors (Lipinski definition) is 1. The second-order valence-electron chi connectivity index (χ2n) is 8.66. The number of nitro groups is 1. The standard InChI is InChI=1S/C28H22ClN3O9S/c1-3-5-18-14-17(16-24(40-4-2)25(18)41-42(38,39)22-12-6-19(29)7-13-22)15-23-26(33)30-28(35)31(27(23)34)20-8-10-21(11-9-20)32(36)37/h3,6-16H,1,4-5H2,2H3,(H,30,33,35)/b23-15+. The highest BCUT2D eigenvalue weighted by molar-refractivity contribution is 7.87. The number of nitrogens with zero attached hydrogens (tertiary/aromatic N) is 2. The zero-order chi connectivity index (χ0) is 30.6. The van der Waals surface area contributed by atoms with Gasteiger partial charge in [0.1, 0.15) is 10.5 Å². The molecule has 0 saturated carbocycles. The summed E-state index contributed by atoms with van der Waals surface area (Å²) in [4.78, 5) is 49.4. The van der Waals surface area contributed by atoms with E-state index in [9.17, 15) is 32.9 Å². The number of urea groups is 1. The number of hydrogen-bond acceptors (Lipinski definition) is 9. The summed E-state index contributed by atoms with van der Waals surface area (Å²) in [6, 6.07) is 11.8. The molecule has 1 saturated heterocycles. The van der Waals surface area contributed by atoms with Gasteiger partial charge in [-0.1, -0.05) is 17.7 Å². The highest BCUT2D eigenvalue weighted by atomic mass is 35.5. The summed E-state index contributed by atoms with van der Waals surface area (Å²) in [5, 5.41) is 13.4. The summed E-state index contributed by atoms with van der Waals surface area (Å²) in [7, 11) is -4.31. The number of halogens is 1. The van der Waals surface area contributed by atoms with Crippen LogP contribution in [0.5, 0.6) is 11.5 Å². The van der Waals surface area contributed by atoms with E-state index < -0.39 is 38.5 Å². The van der Waals surface area contributed by atoms with Gasteiger partial charge in [-0.05, 0) is 73.5 Å². The molecular formula is C28H22ClN3O9S. The Balaban J connectivity index is 1.76. The molecule has 0 aliphatic carbocycles. The molecule has 14 heteroatoms. The van der Waals surface area contributed by atoms with E-state index in [2.05, 4.69) is 11.9 Å². The summed E-state index contributed by atoms with van der Waals surface area (Å²) in [5.74, 6) is -2.06. The van der Waals surface area contributed by atoms with Gasteiger partial charge < -0.3 is 8.92 Å². The third-order valence-corrected chi connectivity index (χ3v) is 7.33. The first-order chi connectivity index (χ1) is 19.9. The van der Waals surface area contributed by atoms with Crippen molar-refractivity contribution in [1.29, 1.82) is 0 Å². The number of ether oxygens (including phenoxy) is 1. The van der Waals surface area contributed by atoms with Crippen LogP contribution >= 0.6 is 11.6 Å². The van der Waals surface area contributed by atoms with Crippen molar-refractivity contribution in [3.63, 3.8) is 0 Å². The molecule has 216 valence electrons. The molecule has 42 heavy (non-hydrogen) atoms. The van der Waals surface area contributed by atoms with Crippen LogP contribution in [-0.2, 0) is 26.1 Å². The summed E-state index contributed by atoms with van der Waals surface area (Å²) in [6.45, 7) is 5.48. The van der Waals surface area contributed by atoms with Gasteiger partial charge in [-0.15, -0.1) is 6.58 Å². The smallest absolute Gasteiger partial charge is 0.339 e. The van der Waals surface area contributed by atoms with Crippen LogP contribution in [0.25, 0.3) is 6.08 Å². The summed E-state index contributed by atoms with van der Waals surface area (Å²) in [5.41, 5.74) is -0.119. The first kappa shape index (κ1) is 30.0. The van der Waals surface area contributed by atoms with Crippen LogP contribution in [-0.4, -0.2) is 37.8 Å². The van der Waals surface area contributed by atoms with E-state index in [1.54, 1.807) is 6.92 Å². The number of non-ortho nitro benzene ring substituents is 1. The maximum Gasteiger partial charge on any atom is 0.339 e. The lowest BCUT2D eigenvalue weighted by molar-refractivity contribution is -0.384. The maximum absolute atomic E-state index is 13.3. The van der Waals surface area contributed by atoms with Gasteiger partial charge in [0, 0.05) is 22.7 Å². The number of amides is 4. The average molecular weight is 612 g/mol. The summed E-state index contributed by atoms with van der Waals surface area (Å²) < 4.78 is 37.2. The van der Waals surface area contributed by atoms with Gasteiger partial charge in [0.25, 0.3) is 17.5 Å². The number of rotatable bonds is 10. The van der Waals surface area contributed by atoms with E-state index in [0.29, 0.717) is 15.5 Å². The van der Waals surface area contributed by atoms with E-state index in [-0.39, 0.29) is 46.4 Å². The van der Waals surface area contributed by atoms with Gasteiger partial charge >= 0.3 is 16.1 Å². The Labute approximate surface area is 245 Å². The molecule has 12 nitrogen and oxygen atoms in total. The molecule has 1 aliphatic heterocycles. The number of benzene rings is 3. The predicted octanol–water partition coefficient (Wildman–Crippen LogP) is 4.81. The van der Waals surface area contributed by atoms with Crippen molar-refractivity contribution in [3.05, 3.63) is 105 Å². The Morgan fingerprint density at radius 2 is 1.74 bits per heavy atom. The molecule has 0 radical (unpaired) electrons. The molecule has 0 unspecified atom stereocenters. The van der Waals surface area contributed by atoms with Gasteiger partial charge in [0.05, 0.1) is 17.2 Å². The minimum absolute atomic E-state index is 0.00000533. The van der Waals surface area contributed by atoms with Crippen molar-refractivity contribution < 1.29 is 36.6 Å². The third kappa shape index (κ3) is 6.32. The second kappa shape index (κ2) is 12.2. The summed E-state index contributed by atoms with van der Waals surface area (Å²) in [6.07, 6.45) is 2.82. The lowest BCUT2D eigenvalue weighted by Crippen LogP contribution is -2.54. The number of nitro benzene ring substituents is 1. The van der Waals surface area contributed by atoms with Crippen LogP contribution in [0.15, 0.2) is 83.8 Å². The SMILES string of the molecule is C=CCc1cc(/C=C2\C(=O)NC(=O)N(c3ccc([N+](=O)[O-])cc3)C2=O)cc(OCC)c1OS(=O)(=O)c1ccc(Cl)cc1. The maximum atomic E-state index is 13.3. The zero-order valence-corrected chi connectivity index (χ0v) is 23.5. The van der Waals surface area contributed by atoms with Gasteiger partial charge in [-0.25, -0.2) is 9.69 Å². The highest BCUT2D eigenvalue weighted by Gasteiger charge is 2.37. The number of allylic oxidation sites excluding steroid dienone is 1. The fourth-order valence-electron chi connectivity index (χ4n) is 3.97. The van der Waals surface area contributed by atoms with Crippen LogP contribution in [0.4, 0.5) is 16.2 Å². The van der Waals surface area contributed by atoms with Crippen LogP contribution in [0, 0.1) is 10.1 Å². The largest absolute Gasteiger partial charge is 0.490 e. The molecular weight excluding hydrogens is 590 g/mol. The molecule has 3 aromatic rings. The van der Waals surface area contributed by atoms with E-state index in [1.165, 1.54) is 60.7 Å². The fourth-order valence-corrected chi connectivity index (χ4v) is 5.07.